The van der Waals surface area contributed by atoms with Gasteiger partial charge in [-0.25, -0.2) is 9.59 Å². The molecule has 2 rings (SSSR count). The molecule has 0 aromatic heterocycles. The Bertz CT molecular complexity index is 346. The van der Waals surface area contributed by atoms with E-state index in [4.69, 9.17) is 5.11 Å². The third kappa shape index (κ3) is 3.19. The largest absolute Gasteiger partial charge is 0.480 e. The minimum absolute atomic E-state index is 0.185. The number of nitrogens with one attached hydrogen (secondary N) is 1. The number of hydrogen-bond donors (Lipinski definition) is 2. The molecule has 2 aliphatic rings. The number of urea groups is 1. The molecule has 0 radical (unpaired) electrons. The summed E-state index contributed by atoms with van der Waals surface area (Å²) < 4.78 is 0. The number of aliphatic carboxylic acids is 1. The number of nitrogens with zero attached hydrogens (tertiary/aromatic N) is 1. The van der Waals surface area contributed by atoms with Crippen LogP contribution in [0.25, 0.3) is 0 Å². The van der Waals surface area contributed by atoms with E-state index in [0.717, 1.165) is 25.7 Å². The van der Waals surface area contributed by atoms with Gasteiger partial charge in [-0.1, -0.05) is 26.2 Å². The molecular weight excluding hydrogens is 244 g/mol. The second kappa shape index (κ2) is 6.26. The van der Waals surface area contributed by atoms with Crippen LogP contribution in [0.4, 0.5) is 4.79 Å². The molecule has 2 N–H and O–H groups in total. The normalized spacial score (nSPS) is 31.2. The number of rotatable bonds is 3. The van der Waals surface area contributed by atoms with Crippen molar-refractivity contribution in [2.75, 3.05) is 6.54 Å². The van der Waals surface area contributed by atoms with Crippen LogP contribution in [0.3, 0.4) is 0 Å². The summed E-state index contributed by atoms with van der Waals surface area (Å²) in [6, 6.07) is -0.597. The zero-order valence-corrected chi connectivity index (χ0v) is 11.6. The Morgan fingerprint density at radius 3 is 2.63 bits per heavy atom. The minimum Gasteiger partial charge on any atom is -0.480 e. The molecule has 1 aliphatic heterocycles. The number of amides is 2. The van der Waals surface area contributed by atoms with Crippen LogP contribution in [0.2, 0.25) is 0 Å². The molecule has 0 spiro atoms. The molecule has 5 heteroatoms. The summed E-state index contributed by atoms with van der Waals surface area (Å²) in [5, 5.41) is 12.2. The van der Waals surface area contributed by atoms with Crippen molar-refractivity contribution in [3.8, 4) is 0 Å². The number of likely N-dealkylation sites (tertiary alicyclic amines) is 1. The second-order valence-corrected chi connectivity index (χ2v) is 5.70. The maximum atomic E-state index is 12.2. The molecular formula is C14H24N2O3. The van der Waals surface area contributed by atoms with E-state index in [0.29, 0.717) is 18.9 Å². The molecule has 1 saturated heterocycles. The molecule has 1 aliphatic carbocycles. The molecule has 108 valence electrons. The highest BCUT2D eigenvalue weighted by Crippen LogP contribution is 2.27. The van der Waals surface area contributed by atoms with Crippen molar-refractivity contribution in [3.05, 3.63) is 0 Å². The lowest BCUT2D eigenvalue weighted by atomic mass is 9.83. The molecule has 0 aromatic rings. The standard InChI is InChI=1S/C14H24N2O3/c1-2-10-6-3-4-7-11(10)15-14(19)16-9-5-8-12(16)13(17)18/h10-12H,2-9H2,1H3,(H,15,19)(H,17,18). The highest BCUT2D eigenvalue weighted by atomic mass is 16.4. The second-order valence-electron chi connectivity index (χ2n) is 5.70. The third-order valence-corrected chi connectivity index (χ3v) is 4.54. The van der Waals surface area contributed by atoms with E-state index in [1.165, 1.54) is 17.7 Å². The zero-order valence-electron chi connectivity index (χ0n) is 11.6. The van der Waals surface area contributed by atoms with E-state index in [1.807, 2.05) is 0 Å². The Morgan fingerprint density at radius 2 is 1.95 bits per heavy atom. The van der Waals surface area contributed by atoms with Gasteiger partial charge in [0.1, 0.15) is 6.04 Å². The van der Waals surface area contributed by atoms with Crippen LogP contribution in [0.15, 0.2) is 0 Å². The molecule has 19 heavy (non-hydrogen) atoms. The van der Waals surface area contributed by atoms with E-state index in [2.05, 4.69) is 12.2 Å². The van der Waals surface area contributed by atoms with Gasteiger partial charge in [-0.2, -0.15) is 0 Å². The summed E-state index contributed by atoms with van der Waals surface area (Å²) in [7, 11) is 0. The molecule has 2 fully saturated rings. The molecule has 3 unspecified atom stereocenters. The molecule has 2 amide bonds. The van der Waals surface area contributed by atoms with Crippen molar-refractivity contribution in [3.63, 3.8) is 0 Å². The Balaban J connectivity index is 1.94. The van der Waals surface area contributed by atoms with Crippen molar-refractivity contribution in [2.24, 2.45) is 5.92 Å². The number of carbonyl (C=O) groups is 2. The third-order valence-electron chi connectivity index (χ3n) is 4.54. The fourth-order valence-electron chi connectivity index (χ4n) is 3.39. The fraction of sp³-hybridized carbons (Fsp3) is 0.857. The van der Waals surface area contributed by atoms with Crippen molar-refractivity contribution in [1.29, 1.82) is 0 Å². The predicted octanol–water partition coefficient (Wildman–Crippen LogP) is 2.21. The van der Waals surface area contributed by atoms with Gasteiger partial charge in [-0.15, -0.1) is 0 Å². The smallest absolute Gasteiger partial charge is 0.326 e. The first-order valence-corrected chi connectivity index (χ1v) is 7.43. The average molecular weight is 268 g/mol. The Hall–Kier alpha value is -1.26. The molecule has 5 nitrogen and oxygen atoms in total. The van der Waals surface area contributed by atoms with Crippen molar-refractivity contribution in [2.45, 2.75) is 64.0 Å². The maximum absolute atomic E-state index is 12.2. The summed E-state index contributed by atoms with van der Waals surface area (Å²) in [5.74, 6) is -0.341. The van der Waals surface area contributed by atoms with Gasteiger partial charge in [0, 0.05) is 12.6 Å². The molecule has 1 saturated carbocycles. The van der Waals surface area contributed by atoms with Gasteiger partial charge >= 0.3 is 12.0 Å². The number of carboxylic acids is 1. The summed E-state index contributed by atoms with van der Waals surface area (Å²) in [4.78, 5) is 24.8. The predicted molar refractivity (Wildman–Crippen MR) is 71.9 cm³/mol. The van der Waals surface area contributed by atoms with E-state index in [1.54, 1.807) is 0 Å². The highest BCUT2D eigenvalue weighted by molar-refractivity contribution is 5.83. The summed E-state index contributed by atoms with van der Waals surface area (Å²) in [6.45, 7) is 2.72. The van der Waals surface area contributed by atoms with Gasteiger partial charge in [-0.05, 0) is 31.6 Å². The van der Waals surface area contributed by atoms with Crippen LogP contribution in [0.1, 0.15) is 51.9 Å². The lowest BCUT2D eigenvalue weighted by Gasteiger charge is -2.33. The Labute approximate surface area is 114 Å². The lowest BCUT2D eigenvalue weighted by Crippen LogP contribution is -2.51. The van der Waals surface area contributed by atoms with Gasteiger partial charge in [0.05, 0.1) is 0 Å². The van der Waals surface area contributed by atoms with E-state index in [9.17, 15) is 9.59 Å². The first-order valence-electron chi connectivity index (χ1n) is 7.43. The Morgan fingerprint density at radius 1 is 1.21 bits per heavy atom. The average Bonchev–Trinajstić information content (AvgIpc) is 2.88. The quantitative estimate of drug-likeness (QED) is 0.824. The SMILES string of the molecule is CCC1CCCCC1NC(=O)N1CCCC1C(=O)O. The minimum atomic E-state index is -0.886. The van der Waals surface area contributed by atoms with E-state index in [-0.39, 0.29) is 12.1 Å². The first kappa shape index (κ1) is 14.2. The van der Waals surface area contributed by atoms with E-state index < -0.39 is 12.0 Å². The van der Waals surface area contributed by atoms with Crippen molar-refractivity contribution < 1.29 is 14.7 Å². The Kier molecular flexibility index (Phi) is 4.66. The summed E-state index contributed by atoms with van der Waals surface area (Å²) >= 11 is 0. The van der Waals surface area contributed by atoms with Gasteiger partial charge in [0.15, 0.2) is 0 Å². The van der Waals surface area contributed by atoms with Crippen molar-refractivity contribution in [1.82, 2.24) is 10.2 Å². The van der Waals surface area contributed by atoms with Gasteiger partial charge < -0.3 is 15.3 Å². The fourth-order valence-corrected chi connectivity index (χ4v) is 3.39. The van der Waals surface area contributed by atoms with E-state index >= 15 is 0 Å². The maximum Gasteiger partial charge on any atom is 0.326 e. The zero-order chi connectivity index (χ0) is 13.8. The van der Waals surface area contributed by atoms with Gasteiger partial charge in [-0.3, -0.25) is 0 Å². The first-order chi connectivity index (χ1) is 9.13. The molecule has 1 heterocycles. The summed E-state index contributed by atoms with van der Waals surface area (Å²) in [5.41, 5.74) is 0. The highest BCUT2D eigenvalue weighted by Gasteiger charge is 2.35. The summed E-state index contributed by atoms with van der Waals surface area (Å²) in [6.07, 6.45) is 7.03. The van der Waals surface area contributed by atoms with Crippen molar-refractivity contribution >= 4 is 12.0 Å². The number of hydrogen-bond acceptors (Lipinski definition) is 2. The van der Waals surface area contributed by atoms with Gasteiger partial charge in [0.25, 0.3) is 0 Å². The molecule has 0 aromatic carbocycles. The number of carboxylic acid groups (broad SMARTS) is 1. The topological polar surface area (TPSA) is 69.6 Å². The van der Waals surface area contributed by atoms with Crippen LogP contribution in [-0.2, 0) is 4.79 Å². The molecule has 0 bridgehead atoms. The van der Waals surface area contributed by atoms with Crippen LogP contribution in [0.5, 0.6) is 0 Å². The van der Waals surface area contributed by atoms with Crippen LogP contribution in [0, 0.1) is 5.92 Å². The monoisotopic (exact) mass is 268 g/mol. The number of carbonyl (C=O) groups excluding carboxylic acids is 1. The van der Waals surface area contributed by atoms with Crippen LogP contribution in [-0.4, -0.2) is 40.6 Å². The lowest BCUT2D eigenvalue weighted by molar-refractivity contribution is -0.141. The van der Waals surface area contributed by atoms with Gasteiger partial charge in [0.2, 0.25) is 0 Å². The molecule has 3 atom stereocenters. The van der Waals surface area contributed by atoms with Crippen LogP contribution >= 0.6 is 0 Å². The van der Waals surface area contributed by atoms with Crippen LogP contribution < -0.4 is 5.32 Å².